The van der Waals surface area contributed by atoms with Crippen LogP contribution in [-0.2, 0) is 0 Å². The average molecular weight is 187 g/mol. The van der Waals surface area contributed by atoms with Gasteiger partial charge < -0.3 is 0 Å². The summed E-state index contributed by atoms with van der Waals surface area (Å²) < 4.78 is 1.14. The van der Waals surface area contributed by atoms with E-state index in [-0.39, 0.29) is 0 Å². The van der Waals surface area contributed by atoms with Gasteiger partial charge in [-0.1, -0.05) is 0 Å². The van der Waals surface area contributed by atoms with Gasteiger partial charge >= 0.3 is 0 Å². The highest BCUT2D eigenvalue weighted by molar-refractivity contribution is 7.25. The molecular formula is C9H5N3S. The molecule has 0 aromatic carbocycles. The van der Waals surface area contributed by atoms with Crippen molar-refractivity contribution in [1.82, 2.24) is 15.0 Å². The van der Waals surface area contributed by atoms with Gasteiger partial charge in [-0.15, -0.1) is 11.3 Å². The van der Waals surface area contributed by atoms with Crippen LogP contribution >= 0.6 is 11.3 Å². The van der Waals surface area contributed by atoms with Crippen molar-refractivity contribution in [2.24, 2.45) is 0 Å². The molecule has 0 N–H and O–H groups in total. The molecular weight excluding hydrogens is 182 g/mol. The highest BCUT2D eigenvalue weighted by atomic mass is 32.1. The van der Waals surface area contributed by atoms with Crippen LogP contribution in [0.25, 0.3) is 20.4 Å². The molecule has 4 heteroatoms. The number of hydrogen-bond donors (Lipinski definition) is 0. The molecule has 0 fully saturated rings. The molecule has 3 aromatic heterocycles. The van der Waals surface area contributed by atoms with Crippen molar-refractivity contribution in [3.05, 3.63) is 30.9 Å². The fourth-order valence-corrected chi connectivity index (χ4v) is 2.32. The first-order chi connectivity index (χ1) is 6.45. The third-order valence-electron chi connectivity index (χ3n) is 1.91. The lowest BCUT2D eigenvalue weighted by Crippen LogP contribution is -1.75. The Morgan fingerprint density at radius 3 is 3.00 bits per heavy atom. The van der Waals surface area contributed by atoms with Gasteiger partial charge in [0, 0.05) is 30.2 Å². The summed E-state index contributed by atoms with van der Waals surface area (Å²) in [5.74, 6) is 0. The quantitative estimate of drug-likeness (QED) is 0.541. The summed E-state index contributed by atoms with van der Waals surface area (Å²) in [7, 11) is 0. The highest BCUT2D eigenvalue weighted by Gasteiger charge is 2.04. The van der Waals surface area contributed by atoms with E-state index in [0.717, 1.165) is 20.4 Å². The second kappa shape index (κ2) is 2.47. The smallest absolute Gasteiger partial charge is 0.143 e. The lowest BCUT2D eigenvalue weighted by molar-refractivity contribution is 1.32. The second-order valence-corrected chi connectivity index (χ2v) is 3.71. The maximum absolute atomic E-state index is 4.29. The molecule has 0 unspecified atom stereocenters. The normalized spacial score (nSPS) is 11.1. The Balaban J connectivity index is 2.64. The zero-order chi connectivity index (χ0) is 8.67. The van der Waals surface area contributed by atoms with Gasteiger partial charge in [-0.2, -0.15) is 0 Å². The van der Waals surface area contributed by atoms with Crippen molar-refractivity contribution in [1.29, 1.82) is 0 Å². The molecule has 62 valence electrons. The molecule has 0 bridgehead atoms. The van der Waals surface area contributed by atoms with Crippen molar-refractivity contribution in [2.75, 3.05) is 0 Å². The van der Waals surface area contributed by atoms with Gasteiger partial charge in [0.05, 0.1) is 4.70 Å². The maximum atomic E-state index is 4.29. The average Bonchev–Trinajstić information content (AvgIpc) is 2.56. The van der Waals surface area contributed by atoms with Gasteiger partial charge in [0.2, 0.25) is 0 Å². The van der Waals surface area contributed by atoms with Crippen LogP contribution in [0.3, 0.4) is 0 Å². The maximum Gasteiger partial charge on any atom is 0.143 e. The number of thiophene rings is 1. The van der Waals surface area contributed by atoms with Gasteiger partial charge in [0.15, 0.2) is 0 Å². The Morgan fingerprint density at radius 2 is 2.00 bits per heavy atom. The Labute approximate surface area is 78.1 Å². The van der Waals surface area contributed by atoms with E-state index in [2.05, 4.69) is 15.0 Å². The zero-order valence-corrected chi connectivity index (χ0v) is 7.45. The van der Waals surface area contributed by atoms with E-state index in [0.29, 0.717) is 0 Å². The minimum absolute atomic E-state index is 0.977. The predicted molar refractivity (Wildman–Crippen MR) is 52.7 cm³/mol. The van der Waals surface area contributed by atoms with Gasteiger partial charge in [0.1, 0.15) is 10.3 Å². The third-order valence-corrected chi connectivity index (χ3v) is 2.95. The molecule has 3 nitrogen and oxygen atoms in total. The van der Waals surface area contributed by atoms with Crippen molar-refractivity contribution < 1.29 is 0 Å². The molecule has 0 spiro atoms. The van der Waals surface area contributed by atoms with Crippen LogP contribution in [0, 0.1) is 0 Å². The highest BCUT2D eigenvalue weighted by Crippen LogP contribution is 2.29. The Morgan fingerprint density at radius 1 is 1.08 bits per heavy atom. The largest absolute Gasteiger partial charge is 0.263 e. The molecule has 0 amide bonds. The molecule has 3 aromatic rings. The lowest BCUT2D eigenvalue weighted by Gasteiger charge is -1.86. The molecule has 0 aliphatic carbocycles. The topological polar surface area (TPSA) is 38.7 Å². The van der Waals surface area contributed by atoms with Crippen LogP contribution in [-0.4, -0.2) is 15.0 Å². The summed E-state index contributed by atoms with van der Waals surface area (Å²) in [6.07, 6.45) is 7.06. The molecule has 3 rings (SSSR count). The van der Waals surface area contributed by atoms with Crippen LogP contribution in [0.1, 0.15) is 0 Å². The third kappa shape index (κ3) is 0.922. The van der Waals surface area contributed by atoms with Gasteiger partial charge in [-0.3, -0.25) is 9.97 Å². The van der Waals surface area contributed by atoms with E-state index in [4.69, 9.17) is 0 Å². The van der Waals surface area contributed by atoms with Crippen molar-refractivity contribution in [3.8, 4) is 0 Å². The summed E-state index contributed by atoms with van der Waals surface area (Å²) >= 11 is 1.63. The molecule has 0 atom stereocenters. The fourth-order valence-electron chi connectivity index (χ4n) is 1.35. The SMILES string of the molecule is c1cc2c(cn1)sc1nccnc12. The summed E-state index contributed by atoms with van der Waals surface area (Å²) in [5, 5.41) is 1.14. The van der Waals surface area contributed by atoms with Crippen LogP contribution < -0.4 is 0 Å². The van der Waals surface area contributed by atoms with Crippen LogP contribution in [0.4, 0.5) is 0 Å². The molecule has 13 heavy (non-hydrogen) atoms. The molecule has 0 aliphatic heterocycles. The van der Waals surface area contributed by atoms with E-state index in [1.807, 2.05) is 12.3 Å². The number of rotatable bonds is 0. The number of fused-ring (bicyclic) bond motifs is 3. The lowest BCUT2D eigenvalue weighted by atomic mass is 10.3. The minimum atomic E-state index is 0.977. The van der Waals surface area contributed by atoms with Crippen LogP contribution in [0.15, 0.2) is 30.9 Å². The van der Waals surface area contributed by atoms with E-state index < -0.39 is 0 Å². The van der Waals surface area contributed by atoms with Crippen LogP contribution in [0.5, 0.6) is 0 Å². The first-order valence-corrected chi connectivity index (χ1v) is 4.70. The van der Waals surface area contributed by atoms with Gasteiger partial charge in [-0.25, -0.2) is 4.98 Å². The standard InChI is InChI=1S/C9H5N3S/c1-2-10-5-7-6(1)8-9(13-7)12-4-3-11-8/h1-5H. The Kier molecular flexibility index (Phi) is 1.31. The first kappa shape index (κ1) is 6.91. The summed E-state index contributed by atoms with van der Waals surface area (Å²) in [4.78, 5) is 13.6. The Hall–Kier alpha value is -1.55. The van der Waals surface area contributed by atoms with Crippen molar-refractivity contribution in [2.45, 2.75) is 0 Å². The molecule has 3 heterocycles. The monoisotopic (exact) mass is 187 g/mol. The number of aromatic nitrogens is 3. The Bertz CT molecular complexity index is 523. The second-order valence-electron chi connectivity index (χ2n) is 2.68. The summed E-state index contributed by atoms with van der Waals surface area (Å²) in [6.45, 7) is 0. The predicted octanol–water partition coefficient (Wildman–Crippen LogP) is 2.24. The van der Waals surface area contributed by atoms with E-state index in [1.165, 1.54) is 0 Å². The fraction of sp³-hybridized carbons (Fsp3) is 0. The molecule has 0 saturated carbocycles. The number of nitrogens with zero attached hydrogens (tertiary/aromatic N) is 3. The number of hydrogen-bond acceptors (Lipinski definition) is 4. The van der Waals surface area contributed by atoms with E-state index in [9.17, 15) is 0 Å². The van der Waals surface area contributed by atoms with Crippen LogP contribution in [0.2, 0.25) is 0 Å². The summed E-state index contributed by atoms with van der Waals surface area (Å²) in [5.41, 5.74) is 0.977. The van der Waals surface area contributed by atoms with Crippen molar-refractivity contribution >= 4 is 31.8 Å². The molecule has 0 saturated heterocycles. The van der Waals surface area contributed by atoms with E-state index >= 15 is 0 Å². The van der Waals surface area contributed by atoms with Gasteiger partial charge in [0.25, 0.3) is 0 Å². The van der Waals surface area contributed by atoms with E-state index in [1.54, 1.807) is 29.9 Å². The molecule has 0 radical (unpaired) electrons. The molecule has 0 aliphatic rings. The summed E-state index contributed by atoms with van der Waals surface area (Å²) in [6, 6.07) is 1.98. The minimum Gasteiger partial charge on any atom is -0.263 e. The zero-order valence-electron chi connectivity index (χ0n) is 6.64. The first-order valence-electron chi connectivity index (χ1n) is 3.88. The van der Waals surface area contributed by atoms with Crippen molar-refractivity contribution in [3.63, 3.8) is 0 Å². The number of pyridine rings is 1. The van der Waals surface area contributed by atoms with Gasteiger partial charge in [-0.05, 0) is 6.07 Å².